The maximum Gasteiger partial charge on any atom is 0.220 e. The van der Waals surface area contributed by atoms with Crippen molar-refractivity contribution in [1.29, 1.82) is 0 Å². The monoisotopic (exact) mass is 555 g/mol. The summed E-state index contributed by atoms with van der Waals surface area (Å²) in [6.07, 6.45) is 9.16. The minimum absolute atomic E-state index is 0. The van der Waals surface area contributed by atoms with E-state index < -0.39 is 10.0 Å². The molecule has 1 aliphatic heterocycles. The van der Waals surface area contributed by atoms with Crippen LogP contribution in [0.5, 0.6) is 0 Å². The zero-order valence-corrected chi connectivity index (χ0v) is 21.7. The van der Waals surface area contributed by atoms with Crippen molar-refractivity contribution in [1.82, 2.24) is 19.7 Å². The van der Waals surface area contributed by atoms with Crippen molar-refractivity contribution in [2.45, 2.75) is 58.1 Å². The maximum atomic E-state index is 12.6. The molecule has 0 bridgehead atoms. The van der Waals surface area contributed by atoms with Gasteiger partial charge in [0.25, 0.3) is 0 Å². The fourth-order valence-corrected chi connectivity index (χ4v) is 4.99. The molecule has 30 heavy (non-hydrogen) atoms. The summed E-state index contributed by atoms with van der Waals surface area (Å²) in [5.74, 6) is 1.33. The Hall–Kier alpha value is -0.880. The van der Waals surface area contributed by atoms with Crippen LogP contribution in [0.1, 0.15) is 58.1 Å². The molecule has 1 saturated heterocycles. The third-order valence-corrected chi connectivity index (χ3v) is 7.19. The van der Waals surface area contributed by atoms with E-state index in [2.05, 4.69) is 34.2 Å². The molecule has 1 aromatic heterocycles. The fourth-order valence-electron chi connectivity index (χ4n) is 3.56. The van der Waals surface area contributed by atoms with Gasteiger partial charge in [0, 0.05) is 45.8 Å². The molecule has 174 valence electrons. The number of hydrogen-bond donors (Lipinski definition) is 1. The van der Waals surface area contributed by atoms with Gasteiger partial charge in [0.1, 0.15) is 12.0 Å². The second-order valence-electron chi connectivity index (χ2n) is 7.87. The number of hydrogen-bond acceptors (Lipinski definition) is 5. The van der Waals surface area contributed by atoms with Gasteiger partial charge in [-0.2, -0.15) is 4.31 Å². The molecule has 1 fully saturated rings. The molecular weight excluding hydrogens is 517 g/mol. The fraction of sp³-hybridized carbons (Fsp3) is 0.800. The Balaban J connectivity index is 0.00000450. The number of guanidine groups is 1. The second kappa shape index (κ2) is 14.2. The minimum Gasteiger partial charge on any atom is -0.364 e. The van der Waals surface area contributed by atoms with E-state index in [4.69, 9.17) is 4.52 Å². The van der Waals surface area contributed by atoms with Crippen LogP contribution in [0.3, 0.4) is 0 Å². The maximum absolute atomic E-state index is 12.6. The highest BCUT2D eigenvalue weighted by atomic mass is 127. The molecule has 1 N–H and O–H groups in total. The third-order valence-electron chi connectivity index (χ3n) is 5.37. The van der Waals surface area contributed by atoms with Crippen LogP contribution in [-0.4, -0.2) is 68.5 Å². The molecule has 0 aromatic carbocycles. The lowest BCUT2D eigenvalue weighted by Crippen LogP contribution is -2.54. The number of piperazine rings is 1. The van der Waals surface area contributed by atoms with Crippen molar-refractivity contribution in [3.8, 4) is 0 Å². The molecule has 0 spiro atoms. The van der Waals surface area contributed by atoms with Gasteiger partial charge in [-0.1, -0.05) is 51.1 Å². The third kappa shape index (κ3) is 9.09. The highest BCUT2D eigenvalue weighted by Crippen LogP contribution is 2.14. The summed E-state index contributed by atoms with van der Waals surface area (Å²) >= 11 is 0. The van der Waals surface area contributed by atoms with Crippen LogP contribution < -0.4 is 5.32 Å². The summed E-state index contributed by atoms with van der Waals surface area (Å²) < 4.78 is 31.4. The molecule has 0 aliphatic carbocycles. The van der Waals surface area contributed by atoms with Crippen molar-refractivity contribution in [3.05, 3.63) is 18.0 Å². The molecule has 0 amide bonds. The standard InChI is InChI=1S/C20H37N5O3S.HI/c1-4-5-6-7-8-9-18(2)16-22-20(21-3)24-11-13-25(14-12-24)29(26,27)17-19-10-15-28-23-19;/h10,15,18H,4-9,11-14,16-17H2,1-3H3,(H,21,22);1H. The Morgan fingerprint density at radius 1 is 1.23 bits per heavy atom. The molecule has 1 atom stereocenters. The van der Waals surface area contributed by atoms with E-state index in [1.54, 1.807) is 13.1 Å². The predicted molar refractivity (Wildman–Crippen MR) is 132 cm³/mol. The van der Waals surface area contributed by atoms with Crippen molar-refractivity contribution in [2.24, 2.45) is 10.9 Å². The Labute approximate surface area is 198 Å². The smallest absolute Gasteiger partial charge is 0.220 e. The number of aliphatic imine (C=N–C) groups is 1. The van der Waals surface area contributed by atoms with Crippen molar-refractivity contribution in [3.63, 3.8) is 0 Å². The van der Waals surface area contributed by atoms with E-state index in [-0.39, 0.29) is 29.7 Å². The summed E-state index contributed by atoms with van der Waals surface area (Å²) in [5.41, 5.74) is 0.439. The first-order valence-electron chi connectivity index (χ1n) is 10.8. The van der Waals surface area contributed by atoms with Crippen LogP contribution in [0.25, 0.3) is 0 Å². The van der Waals surface area contributed by atoms with Crippen molar-refractivity contribution in [2.75, 3.05) is 39.8 Å². The zero-order valence-electron chi connectivity index (χ0n) is 18.5. The highest BCUT2D eigenvalue weighted by Gasteiger charge is 2.29. The minimum atomic E-state index is -3.38. The molecule has 8 nitrogen and oxygen atoms in total. The summed E-state index contributed by atoms with van der Waals surface area (Å²) in [7, 11) is -1.60. The SMILES string of the molecule is CCCCCCCC(C)CNC(=NC)N1CCN(S(=O)(=O)Cc2ccon2)CC1.I. The Bertz CT molecular complexity index is 704. The van der Waals surface area contributed by atoms with E-state index in [1.807, 2.05) is 0 Å². The second-order valence-corrected chi connectivity index (χ2v) is 9.84. The molecule has 1 aliphatic rings. The van der Waals surface area contributed by atoms with Gasteiger partial charge in [0.2, 0.25) is 10.0 Å². The van der Waals surface area contributed by atoms with Gasteiger partial charge in [-0.15, -0.1) is 24.0 Å². The van der Waals surface area contributed by atoms with Crippen LogP contribution in [0.2, 0.25) is 0 Å². The molecule has 2 heterocycles. The van der Waals surface area contributed by atoms with Gasteiger partial charge in [0.15, 0.2) is 5.96 Å². The normalized spacial score (nSPS) is 16.9. The van der Waals surface area contributed by atoms with Crippen LogP contribution in [-0.2, 0) is 15.8 Å². The molecule has 0 radical (unpaired) electrons. The van der Waals surface area contributed by atoms with Crippen LogP contribution in [0, 0.1) is 5.92 Å². The summed E-state index contributed by atoms with van der Waals surface area (Å²) in [5, 5.41) is 7.18. The van der Waals surface area contributed by atoms with E-state index in [0.29, 0.717) is 37.8 Å². The average Bonchev–Trinajstić information content (AvgIpc) is 3.21. The first kappa shape index (κ1) is 27.2. The molecule has 0 saturated carbocycles. The molecule has 1 unspecified atom stereocenters. The van der Waals surface area contributed by atoms with Crippen molar-refractivity contribution < 1.29 is 12.9 Å². The zero-order chi connectivity index (χ0) is 21.1. The number of halogens is 1. The van der Waals surface area contributed by atoms with E-state index in [0.717, 1.165) is 12.5 Å². The topological polar surface area (TPSA) is 91.0 Å². The van der Waals surface area contributed by atoms with E-state index in [9.17, 15) is 8.42 Å². The van der Waals surface area contributed by atoms with E-state index >= 15 is 0 Å². The molecular formula is C20H38IN5O3S. The van der Waals surface area contributed by atoms with Gasteiger partial charge < -0.3 is 14.7 Å². The quantitative estimate of drug-likeness (QED) is 0.195. The lowest BCUT2D eigenvalue weighted by molar-refractivity contribution is 0.259. The summed E-state index contributed by atoms with van der Waals surface area (Å²) in [6.45, 7) is 7.57. The highest BCUT2D eigenvalue weighted by molar-refractivity contribution is 14.0. The first-order valence-corrected chi connectivity index (χ1v) is 12.4. The lowest BCUT2D eigenvalue weighted by Gasteiger charge is -2.36. The number of sulfonamides is 1. The molecule has 2 rings (SSSR count). The number of nitrogens with one attached hydrogen (secondary N) is 1. The number of rotatable bonds is 11. The predicted octanol–water partition coefficient (Wildman–Crippen LogP) is 3.31. The molecule has 10 heteroatoms. The summed E-state index contributed by atoms with van der Waals surface area (Å²) in [6, 6.07) is 1.59. The number of nitrogens with zero attached hydrogens (tertiary/aromatic N) is 4. The number of aromatic nitrogens is 1. The van der Waals surface area contributed by atoms with E-state index in [1.165, 1.54) is 49.1 Å². The van der Waals surface area contributed by atoms with Crippen LogP contribution >= 0.6 is 24.0 Å². The van der Waals surface area contributed by atoms with Gasteiger partial charge in [-0.25, -0.2) is 8.42 Å². The van der Waals surface area contributed by atoms with Gasteiger partial charge in [-0.05, 0) is 12.3 Å². The largest absolute Gasteiger partial charge is 0.364 e. The lowest BCUT2D eigenvalue weighted by atomic mass is 10.0. The average molecular weight is 556 g/mol. The Morgan fingerprint density at radius 3 is 2.53 bits per heavy atom. The summed E-state index contributed by atoms with van der Waals surface area (Å²) in [4.78, 5) is 6.53. The number of unbranched alkanes of at least 4 members (excludes halogenated alkanes) is 4. The Morgan fingerprint density at radius 2 is 1.93 bits per heavy atom. The van der Waals surface area contributed by atoms with Gasteiger partial charge >= 0.3 is 0 Å². The molecule has 1 aromatic rings. The van der Waals surface area contributed by atoms with Crippen LogP contribution in [0.15, 0.2) is 21.8 Å². The van der Waals surface area contributed by atoms with Crippen LogP contribution in [0.4, 0.5) is 0 Å². The first-order chi connectivity index (χ1) is 14.0. The van der Waals surface area contributed by atoms with Crippen molar-refractivity contribution >= 4 is 40.0 Å². The van der Waals surface area contributed by atoms with Gasteiger partial charge in [-0.3, -0.25) is 4.99 Å². The Kier molecular flexibility index (Phi) is 12.9. The van der Waals surface area contributed by atoms with Gasteiger partial charge in [0.05, 0.1) is 5.69 Å².